The van der Waals surface area contributed by atoms with Gasteiger partial charge in [0.25, 0.3) is 0 Å². The first-order valence-corrected chi connectivity index (χ1v) is 8.78. The smallest absolute Gasteiger partial charge is 0.0830 e. The number of rotatable bonds is 6. The van der Waals surface area contributed by atoms with Crippen molar-refractivity contribution in [1.29, 1.82) is 0 Å². The van der Waals surface area contributed by atoms with Crippen LogP contribution < -0.4 is 0 Å². The van der Waals surface area contributed by atoms with Crippen LogP contribution in [0.15, 0.2) is 30.3 Å². The molecule has 1 aromatic rings. The van der Waals surface area contributed by atoms with Gasteiger partial charge in [0.2, 0.25) is 0 Å². The minimum absolute atomic E-state index is 0.301. The Labute approximate surface area is 134 Å². The van der Waals surface area contributed by atoms with E-state index in [0.717, 1.165) is 32.1 Å². The summed E-state index contributed by atoms with van der Waals surface area (Å²) < 4.78 is 11.7. The van der Waals surface area contributed by atoms with Crippen molar-refractivity contribution in [3.63, 3.8) is 0 Å². The summed E-state index contributed by atoms with van der Waals surface area (Å²) in [5.74, 6) is 0.859. The molecule has 2 atom stereocenters. The van der Waals surface area contributed by atoms with Crippen molar-refractivity contribution >= 4 is 0 Å². The minimum Gasteiger partial charge on any atom is -0.381 e. The van der Waals surface area contributed by atoms with Crippen LogP contribution in [-0.2, 0) is 9.47 Å². The van der Waals surface area contributed by atoms with Gasteiger partial charge in [-0.15, -0.1) is 0 Å². The molecule has 2 unspecified atom stereocenters. The predicted molar refractivity (Wildman–Crippen MR) is 88.9 cm³/mol. The van der Waals surface area contributed by atoms with Crippen molar-refractivity contribution in [2.24, 2.45) is 5.92 Å². The standard InChI is InChI=1S/C19H29NO2/c1-20(12-9-16-10-13-21-14-11-16)15-18-7-8-19(22-18)17-5-3-2-4-6-17/h2-6,16,18-19H,7-15H2,1H3. The Morgan fingerprint density at radius 2 is 1.82 bits per heavy atom. The fourth-order valence-electron chi connectivity index (χ4n) is 3.63. The molecule has 0 N–H and O–H groups in total. The molecule has 2 fully saturated rings. The van der Waals surface area contributed by atoms with Crippen LogP contribution in [0.1, 0.15) is 43.8 Å². The zero-order valence-corrected chi connectivity index (χ0v) is 13.7. The molecule has 0 aromatic heterocycles. The minimum atomic E-state index is 0.301. The van der Waals surface area contributed by atoms with Crippen molar-refractivity contribution in [1.82, 2.24) is 4.90 Å². The van der Waals surface area contributed by atoms with Gasteiger partial charge in [0.15, 0.2) is 0 Å². The molecule has 2 heterocycles. The summed E-state index contributed by atoms with van der Waals surface area (Å²) in [5.41, 5.74) is 1.33. The maximum Gasteiger partial charge on any atom is 0.0830 e. The molecule has 0 bridgehead atoms. The molecule has 3 heteroatoms. The first-order valence-electron chi connectivity index (χ1n) is 8.78. The number of hydrogen-bond donors (Lipinski definition) is 0. The van der Waals surface area contributed by atoms with Crippen LogP contribution in [-0.4, -0.2) is 44.4 Å². The molecule has 2 aliphatic rings. The Hall–Kier alpha value is -0.900. The van der Waals surface area contributed by atoms with Gasteiger partial charge in [-0.3, -0.25) is 0 Å². The second-order valence-corrected chi connectivity index (χ2v) is 6.84. The van der Waals surface area contributed by atoms with Gasteiger partial charge in [-0.25, -0.2) is 0 Å². The van der Waals surface area contributed by atoms with E-state index in [1.54, 1.807) is 0 Å². The molecule has 1 aromatic carbocycles. The highest BCUT2D eigenvalue weighted by molar-refractivity contribution is 5.18. The highest BCUT2D eigenvalue weighted by atomic mass is 16.5. The van der Waals surface area contributed by atoms with Gasteiger partial charge >= 0.3 is 0 Å². The molecule has 3 rings (SSSR count). The molecule has 0 aliphatic carbocycles. The highest BCUT2D eigenvalue weighted by Crippen LogP contribution is 2.32. The zero-order valence-electron chi connectivity index (χ0n) is 13.7. The molecular weight excluding hydrogens is 274 g/mol. The lowest BCUT2D eigenvalue weighted by atomic mass is 9.96. The Morgan fingerprint density at radius 1 is 1.05 bits per heavy atom. The topological polar surface area (TPSA) is 21.7 Å². The highest BCUT2D eigenvalue weighted by Gasteiger charge is 2.27. The van der Waals surface area contributed by atoms with E-state index in [1.165, 1.54) is 37.8 Å². The average molecular weight is 303 g/mol. The third-order valence-corrected chi connectivity index (χ3v) is 5.05. The van der Waals surface area contributed by atoms with Crippen LogP contribution in [0.3, 0.4) is 0 Å². The maximum absolute atomic E-state index is 6.25. The van der Waals surface area contributed by atoms with Crippen LogP contribution in [0.5, 0.6) is 0 Å². The van der Waals surface area contributed by atoms with Crippen LogP contribution in [0.4, 0.5) is 0 Å². The first-order chi connectivity index (χ1) is 10.8. The lowest BCUT2D eigenvalue weighted by Crippen LogP contribution is -2.31. The van der Waals surface area contributed by atoms with E-state index in [1.807, 2.05) is 0 Å². The van der Waals surface area contributed by atoms with Crippen molar-refractivity contribution in [2.75, 3.05) is 33.4 Å². The van der Waals surface area contributed by atoms with Gasteiger partial charge in [0, 0.05) is 19.8 Å². The Morgan fingerprint density at radius 3 is 2.59 bits per heavy atom. The van der Waals surface area contributed by atoms with Gasteiger partial charge in [0.1, 0.15) is 0 Å². The molecule has 0 saturated carbocycles. The van der Waals surface area contributed by atoms with Crippen molar-refractivity contribution in [3.05, 3.63) is 35.9 Å². The van der Waals surface area contributed by atoms with Gasteiger partial charge < -0.3 is 14.4 Å². The Kier molecular flexibility index (Phi) is 5.88. The van der Waals surface area contributed by atoms with Crippen LogP contribution >= 0.6 is 0 Å². The summed E-state index contributed by atoms with van der Waals surface area (Å²) in [7, 11) is 2.23. The van der Waals surface area contributed by atoms with Crippen molar-refractivity contribution in [2.45, 2.75) is 44.3 Å². The van der Waals surface area contributed by atoms with E-state index in [2.05, 4.69) is 42.3 Å². The zero-order chi connectivity index (χ0) is 15.2. The lowest BCUT2D eigenvalue weighted by molar-refractivity contribution is 0.0232. The van der Waals surface area contributed by atoms with Crippen LogP contribution in [0, 0.1) is 5.92 Å². The molecule has 22 heavy (non-hydrogen) atoms. The Balaban J connectivity index is 1.38. The summed E-state index contributed by atoms with van der Waals surface area (Å²) >= 11 is 0. The van der Waals surface area contributed by atoms with Crippen molar-refractivity contribution in [3.8, 4) is 0 Å². The van der Waals surface area contributed by atoms with E-state index in [9.17, 15) is 0 Å². The SMILES string of the molecule is CN(CCC1CCOCC1)CC1CCC(c2ccccc2)O1. The normalized spacial score (nSPS) is 26.6. The van der Waals surface area contributed by atoms with E-state index in [4.69, 9.17) is 9.47 Å². The lowest BCUT2D eigenvalue weighted by Gasteiger charge is -2.26. The number of ether oxygens (including phenoxy) is 2. The molecule has 2 aliphatic heterocycles. The van der Waals surface area contributed by atoms with E-state index < -0.39 is 0 Å². The average Bonchev–Trinajstić information content (AvgIpc) is 3.03. The Bertz CT molecular complexity index is 430. The monoisotopic (exact) mass is 303 g/mol. The van der Waals surface area contributed by atoms with Crippen molar-refractivity contribution < 1.29 is 9.47 Å². The third-order valence-electron chi connectivity index (χ3n) is 5.05. The molecule has 0 amide bonds. The van der Waals surface area contributed by atoms with Gasteiger partial charge in [-0.1, -0.05) is 30.3 Å². The summed E-state index contributed by atoms with van der Waals surface area (Å²) in [4.78, 5) is 2.45. The summed E-state index contributed by atoms with van der Waals surface area (Å²) in [6.07, 6.45) is 6.81. The molecule has 0 spiro atoms. The van der Waals surface area contributed by atoms with Crippen LogP contribution in [0.2, 0.25) is 0 Å². The van der Waals surface area contributed by atoms with E-state index >= 15 is 0 Å². The molecule has 122 valence electrons. The molecule has 3 nitrogen and oxygen atoms in total. The third kappa shape index (κ3) is 4.55. The number of benzene rings is 1. The fourth-order valence-corrected chi connectivity index (χ4v) is 3.63. The van der Waals surface area contributed by atoms with E-state index in [0.29, 0.717) is 12.2 Å². The second-order valence-electron chi connectivity index (χ2n) is 6.84. The number of likely N-dealkylation sites (N-methyl/N-ethyl adjacent to an activating group) is 1. The quantitative estimate of drug-likeness (QED) is 0.800. The maximum atomic E-state index is 6.25. The van der Waals surface area contributed by atoms with Crippen LogP contribution in [0.25, 0.3) is 0 Å². The largest absolute Gasteiger partial charge is 0.381 e. The second kappa shape index (κ2) is 8.09. The number of hydrogen-bond acceptors (Lipinski definition) is 3. The van der Waals surface area contributed by atoms with Gasteiger partial charge in [-0.2, -0.15) is 0 Å². The fraction of sp³-hybridized carbons (Fsp3) is 0.684. The van der Waals surface area contributed by atoms with Gasteiger partial charge in [-0.05, 0) is 57.2 Å². The number of nitrogens with zero attached hydrogens (tertiary/aromatic N) is 1. The predicted octanol–water partition coefficient (Wildman–Crippen LogP) is 3.66. The summed E-state index contributed by atoms with van der Waals surface area (Å²) in [6.45, 7) is 4.16. The first kappa shape index (κ1) is 16.0. The van der Waals surface area contributed by atoms with E-state index in [-0.39, 0.29) is 0 Å². The molecule has 0 radical (unpaired) electrons. The summed E-state index contributed by atoms with van der Waals surface area (Å²) in [5, 5.41) is 0. The van der Waals surface area contributed by atoms with Gasteiger partial charge in [0.05, 0.1) is 12.2 Å². The molecular formula is C19H29NO2. The molecule has 2 saturated heterocycles. The summed E-state index contributed by atoms with van der Waals surface area (Å²) in [6, 6.07) is 10.6.